The van der Waals surface area contributed by atoms with Crippen molar-refractivity contribution >= 4 is 11.6 Å². The van der Waals surface area contributed by atoms with E-state index in [1.165, 1.54) is 0 Å². The molecule has 0 aromatic heterocycles. The Labute approximate surface area is 87.1 Å². The van der Waals surface area contributed by atoms with Gasteiger partial charge in [0.1, 0.15) is 18.4 Å². The van der Waals surface area contributed by atoms with Gasteiger partial charge in [0, 0.05) is 0 Å². The lowest BCUT2D eigenvalue weighted by molar-refractivity contribution is 0.328. The van der Waals surface area contributed by atoms with Gasteiger partial charge < -0.3 is 4.74 Å². The minimum absolute atomic E-state index is 0.0801. The fraction of sp³-hybridized carbons (Fsp3) is 0.200. The monoisotopic (exact) mass is 206 g/mol. The van der Waals surface area contributed by atoms with Crippen LogP contribution >= 0.6 is 11.6 Å². The normalized spacial score (nSPS) is 11.1. The lowest BCUT2D eigenvalue weighted by atomic mass is 10.2. The second-order valence-corrected chi connectivity index (χ2v) is 3.04. The van der Waals surface area contributed by atoms with Crippen LogP contribution in [0.15, 0.2) is 24.3 Å². The maximum absolute atomic E-state index is 8.71. The third kappa shape index (κ3) is 2.65. The van der Waals surface area contributed by atoms with Gasteiger partial charge in [-0.3, -0.25) is 0 Å². The van der Waals surface area contributed by atoms with Gasteiger partial charge in [-0.1, -0.05) is 12.1 Å². The standard InChI is InChI=1S/C10H7ClN2O/c11-9(6-13)7-14-10-4-2-1-3-8(10)5-12/h1-4,9H,7H2. The van der Waals surface area contributed by atoms with E-state index in [1.54, 1.807) is 24.3 Å². The van der Waals surface area contributed by atoms with Gasteiger partial charge >= 0.3 is 0 Å². The Balaban J connectivity index is 2.69. The molecule has 1 aromatic carbocycles. The van der Waals surface area contributed by atoms with Crippen molar-refractivity contribution in [2.24, 2.45) is 0 Å². The summed E-state index contributed by atoms with van der Waals surface area (Å²) < 4.78 is 5.20. The summed E-state index contributed by atoms with van der Waals surface area (Å²) in [6.07, 6.45) is 0. The van der Waals surface area contributed by atoms with E-state index in [0.29, 0.717) is 11.3 Å². The van der Waals surface area contributed by atoms with E-state index in [-0.39, 0.29) is 6.61 Å². The first-order chi connectivity index (χ1) is 6.77. The summed E-state index contributed by atoms with van der Waals surface area (Å²) in [5, 5.41) is 16.4. The molecule has 0 amide bonds. The molecular formula is C10H7ClN2O. The van der Waals surface area contributed by atoms with Crippen LogP contribution < -0.4 is 4.74 Å². The molecule has 0 spiro atoms. The summed E-state index contributed by atoms with van der Waals surface area (Å²) >= 11 is 5.54. The highest BCUT2D eigenvalue weighted by atomic mass is 35.5. The van der Waals surface area contributed by atoms with Gasteiger partial charge in [0.2, 0.25) is 0 Å². The second kappa shape index (κ2) is 5.11. The largest absolute Gasteiger partial charge is 0.490 e. The summed E-state index contributed by atoms with van der Waals surface area (Å²) in [6, 6.07) is 10.6. The molecule has 0 aliphatic carbocycles. The molecular weight excluding hydrogens is 200 g/mol. The van der Waals surface area contributed by atoms with Gasteiger partial charge in [0.05, 0.1) is 11.6 Å². The van der Waals surface area contributed by atoms with Crippen LogP contribution in [-0.2, 0) is 0 Å². The van der Waals surface area contributed by atoms with Crippen LogP contribution in [-0.4, -0.2) is 12.0 Å². The van der Waals surface area contributed by atoms with E-state index < -0.39 is 5.38 Å². The van der Waals surface area contributed by atoms with Crippen molar-refractivity contribution in [3.8, 4) is 17.9 Å². The Morgan fingerprint density at radius 2 is 2.07 bits per heavy atom. The highest BCUT2D eigenvalue weighted by Gasteiger charge is 2.05. The van der Waals surface area contributed by atoms with Gasteiger partial charge in [-0.15, -0.1) is 11.6 Å². The quantitative estimate of drug-likeness (QED) is 0.712. The summed E-state index contributed by atoms with van der Waals surface area (Å²) in [5.41, 5.74) is 0.439. The molecule has 1 aromatic rings. The number of nitriles is 2. The van der Waals surface area contributed by atoms with Crippen LogP contribution in [0.3, 0.4) is 0 Å². The SMILES string of the molecule is N#Cc1ccccc1OCC(Cl)C#N. The Hall–Kier alpha value is -1.71. The predicted octanol–water partition coefficient (Wildman–Crippen LogP) is 2.07. The minimum Gasteiger partial charge on any atom is -0.490 e. The van der Waals surface area contributed by atoms with E-state index in [0.717, 1.165) is 0 Å². The molecule has 0 saturated heterocycles. The van der Waals surface area contributed by atoms with Crippen molar-refractivity contribution in [1.82, 2.24) is 0 Å². The van der Waals surface area contributed by atoms with E-state index in [1.807, 2.05) is 12.1 Å². The van der Waals surface area contributed by atoms with Crippen LogP contribution in [0.5, 0.6) is 5.75 Å². The number of para-hydroxylation sites is 1. The number of hydrogen-bond donors (Lipinski definition) is 0. The zero-order chi connectivity index (χ0) is 10.4. The van der Waals surface area contributed by atoms with E-state index in [2.05, 4.69) is 0 Å². The third-order valence-corrected chi connectivity index (χ3v) is 1.76. The lowest BCUT2D eigenvalue weighted by Crippen LogP contribution is -2.09. The third-order valence-electron chi connectivity index (χ3n) is 1.53. The van der Waals surface area contributed by atoms with Crippen molar-refractivity contribution in [2.45, 2.75) is 5.38 Å². The summed E-state index contributed by atoms with van der Waals surface area (Å²) in [7, 11) is 0. The highest BCUT2D eigenvalue weighted by molar-refractivity contribution is 6.22. The number of benzene rings is 1. The van der Waals surface area contributed by atoms with E-state index >= 15 is 0 Å². The van der Waals surface area contributed by atoms with Crippen LogP contribution in [0.25, 0.3) is 0 Å². The Kier molecular flexibility index (Phi) is 3.79. The summed E-state index contributed by atoms with van der Waals surface area (Å²) in [4.78, 5) is 0. The molecule has 0 bridgehead atoms. The number of alkyl halides is 1. The minimum atomic E-state index is -0.693. The van der Waals surface area contributed by atoms with E-state index in [4.69, 9.17) is 26.9 Å². The molecule has 70 valence electrons. The smallest absolute Gasteiger partial charge is 0.154 e. The fourth-order valence-electron chi connectivity index (χ4n) is 0.885. The molecule has 3 nitrogen and oxygen atoms in total. The first-order valence-corrected chi connectivity index (χ1v) is 4.37. The van der Waals surface area contributed by atoms with Crippen LogP contribution in [0, 0.1) is 22.7 Å². The van der Waals surface area contributed by atoms with Crippen molar-refractivity contribution in [3.05, 3.63) is 29.8 Å². The van der Waals surface area contributed by atoms with Crippen LogP contribution in [0.2, 0.25) is 0 Å². The van der Waals surface area contributed by atoms with Gasteiger partial charge in [-0.25, -0.2) is 0 Å². The zero-order valence-corrected chi connectivity index (χ0v) is 8.03. The molecule has 0 saturated carbocycles. The van der Waals surface area contributed by atoms with Crippen molar-refractivity contribution in [3.63, 3.8) is 0 Å². The molecule has 0 fully saturated rings. The molecule has 0 aliphatic heterocycles. The second-order valence-electron chi connectivity index (χ2n) is 2.52. The first kappa shape index (κ1) is 10.4. The summed E-state index contributed by atoms with van der Waals surface area (Å²) in [6.45, 7) is 0.0801. The van der Waals surface area contributed by atoms with Gasteiger partial charge in [0.15, 0.2) is 5.38 Å². The number of rotatable bonds is 3. The number of nitrogens with zero attached hydrogens (tertiary/aromatic N) is 2. The Bertz CT molecular complexity index is 392. The molecule has 0 N–H and O–H groups in total. The maximum Gasteiger partial charge on any atom is 0.154 e. The Morgan fingerprint density at radius 3 is 2.71 bits per heavy atom. The van der Waals surface area contributed by atoms with Gasteiger partial charge in [-0.2, -0.15) is 10.5 Å². The lowest BCUT2D eigenvalue weighted by Gasteiger charge is -2.06. The Morgan fingerprint density at radius 1 is 1.36 bits per heavy atom. The average molecular weight is 207 g/mol. The van der Waals surface area contributed by atoms with Crippen LogP contribution in [0.1, 0.15) is 5.56 Å². The van der Waals surface area contributed by atoms with E-state index in [9.17, 15) is 0 Å². The zero-order valence-electron chi connectivity index (χ0n) is 7.27. The first-order valence-electron chi connectivity index (χ1n) is 3.93. The topological polar surface area (TPSA) is 56.8 Å². The number of hydrogen-bond acceptors (Lipinski definition) is 3. The molecule has 1 rings (SSSR count). The summed E-state index contributed by atoms with van der Waals surface area (Å²) in [5.74, 6) is 0.455. The maximum atomic E-state index is 8.71. The van der Waals surface area contributed by atoms with Gasteiger partial charge in [-0.05, 0) is 12.1 Å². The molecule has 14 heavy (non-hydrogen) atoms. The van der Waals surface area contributed by atoms with Crippen molar-refractivity contribution in [2.75, 3.05) is 6.61 Å². The molecule has 4 heteroatoms. The highest BCUT2D eigenvalue weighted by Crippen LogP contribution is 2.16. The fourth-order valence-corrected chi connectivity index (χ4v) is 0.948. The number of halogens is 1. The molecule has 1 atom stereocenters. The van der Waals surface area contributed by atoms with Crippen molar-refractivity contribution < 1.29 is 4.74 Å². The molecule has 0 heterocycles. The van der Waals surface area contributed by atoms with Gasteiger partial charge in [0.25, 0.3) is 0 Å². The average Bonchev–Trinajstić information content (AvgIpc) is 2.26. The van der Waals surface area contributed by atoms with Crippen molar-refractivity contribution in [1.29, 1.82) is 10.5 Å². The van der Waals surface area contributed by atoms with Crippen LogP contribution in [0.4, 0.5) is 0 Å². The number of ether oxygens (including phenoxy) is 1. The predicted molar refractivity (Wildman–Crippen MR) is 51.9 cm³/mol. The molecule has 0 aliphatic rings. The molecule has 1 unspecified atom stereocenters. The molecule has 0 radical (unpaired) electrons.